The van der Waals surface area contributed by atoms with Gasteiger partial charge in [0.25, 0.3) is 11.8 Å². The number of aryl methyl sites for hydroxylation is 2. The largest absolute Gasteiger partial charge is 0.495 e. The Labute approximate surface area is 164 Å². The van der Waals surface area contributed by atoms with Crippen LogP contribution in [-0.2, 0) is 0 Å². The number of amides is 2. The predicted octanol–water partition coefficient (Wildman–Crippen LogP) is 4.82. The van der Waals surface area contributed by atoms with Gasteiger partial charge in [0.05, 0.1) is 12.8 Å². The summed E-state index contributed by atoms with van der Waals surface area (Å²) in [5, 5.41) is 5.71. The molecule has 0 aliphatic carbocycles. The van der Waals surface area contributed by atoms with E-state index < -0.39 is 0 Å². The van der Waals surface area contributed by atoms with E-state index in [1.54, 1.807) is 30.3 Å². The summed E-state index contributed by atoms with van der Waals surface area (Å²) in [7, 11) is 1.53. The zero-order chi connectivity index (χ0) is 20.1. The fraction of sp³-hybridized carbons (Fsp3) is 0.130. The van der Waals surface area contributed by atoms with E-state index in [-0.39, 0.29) is 11.8 Å². The second-order valence-electron chi connectivity index (χ2n) is 6.56. The van der Waals surface area contributed by atoms with Gasteiger partial charge in [-0.3, -0.25) is 9.59 Å². The minimum absolute atomic E-state index is 0.218. The van der Waals surface area contributed by atoms with Gasteiger partial charge in [-0.1, -0.05) is 35.4 Å². The maximum absolute atomic E-state index is 12.6. The molecule has 2 N–H and O–H groups in total. The molecule has 5 nitrogen and oxygen atoms in total. The van der Waals surface area contributed by atoms with Crippen LogP contribution in [0.15, 0.2) is 66.7 Å². The minimum atomic E-state index is -0.246. The number of ether oxygens (including phenoxy) is 1. The smallest absolute Gasteiger partial charge is 0.255 e. The quantitative estimate of drug-likeness (QED) is 0.673. The van der Waals surface area contributed by atoms with Gasteiger partial charge >= 0.3 is 0 Å². The summed E-state index contributed by atoms with van der Waals surface area (Å²) in [6.45, 7) is 3.86. The highest BCUT2D eigenvalue weighted by molar-refractivity contribution is 6.07. The van der Waals surface area contributed by atoms with Crippen molar-refractivity contribution in [3.05, 3.63) is 89.0 Å². The maximum atomic E-state index is 12.6. The van der Waals surface area contributed by atoms with E-state index in [9.17, 15) is 9.59 Å². The van der Waals surface area contributed by atoms with Gasteiger partial charge in [-0.25, -0.2) is 0 Å². The van der Waals surface area contributed by atoms with Crippen LogP contribution in [0.25, 0.3) is 0 Å². The number of carbonyl (C=O) groups is 2. The molecular formula is C23H22N2O3. The lowest BCUT2D eigenvalue weighted by Crippen LogP contribution is -2.15. The number of hydrogen-bond acceptors (Lipinski definition) is 3. The number of carbonyl (C=O) groups excluding carboxylic acids is 2. The molecule has 0 aliphatic heterocycles. The number of methoxy groups -OCH3 is 1. The van der Waals surface area contributed by atoms with E-state index in [2.05, 4.69) is 10.6 Å². The van der Waals surface area contributed by atoms with Crippen LogP contribution in [-0.4, -0.2) is 18.9 Å². The molecule has 5 heteroatoms. The van der Waals surface area contributed by atoms with E-state index in [0.717, 1.165) is 11.1 Å². The fourth-order valence-electron chi connectivity index (χ4n) is 2.85. The van der Waals surface area contributed by atoms with E-state index in [1.807, 2.05) is 50.2 Å². The maximum Gasteiger partial charge on any atom is 0.255 e. The Morgan fingerprint density at radius 3 is 1.86 bits per heavy atom. The van der Waals surface area contributed by atoms with Gasteiger partial charge in [0.15, 0.2) is 0 Å². The molecule has 0 heterocycles. The second-order valence-corrected chi connectivity index (χ2v) is 6.56. The van der Waals surface area contributed by atoms with Crippen molar-refractivity contribution < 1.29 is 14.3 Å². The number of anilines is 2. The van der Waals surface area contributed by atoms with Crippen molar-refractivity contribution >= 4 is 23.2 Å². The van der Waals surface area contributed by atoms with Gasteiger partial charge in [0.2, 0.25) is 0 Å². The molecule has 0 bridgehead atoms. The van der Waals surface area contributed by atoms with E-state index in [4.69, 9.17) is 4.74 Å². The van der Waals surface area contributed by atoms with Gasteiger partial charge in [-0.2, -0.15) is 0 Å². The van der Waals surface area contributed by atoms with Crippen LogP contribution in [0.5, 0.6) is 5.75 Å². The number of hydrogen-bond donors (Lipinski definition) is 2. The summed E-state index contributed by atoms with van der Waals surface area (Å²) in [5.74, 6) is 0.0449. The molecule has 3 aromatic rings. The Balaban J connectivity index is 1.81. The highest BCUT2D eigenvalue weighted by atomic mass is 16.5. The Bertz CT molecular complexity index is 1030. The molecule has 3 rings (SSSR count). The standard InChI is InChI=1S/C23H22N2O3/c1-15-6-4-8-17(12-15)22(26)24-19-10-11-21(28-3)20(14-19)25-23(27)18-9-5-7-16(2)13-18/h4-14H,1-3H3,(H,24,26)(H,25,27). The first-order valence-corrected chi connectivity index (χ1v) is 8.90. The van der Waals surface area contributed by atoms with Crippen molar-refractivity contribution in [2.75, 3.05) is 17.7 Å². The molecule has 0 spiro atoms. The molecule has 0 saturated heterocycles. The van der Waals surface area contributed by atoms with Gasteiger partial charge in [-0.15, -0.1) is 0 Å². The van der Waals surface area contributed by atoms with Crippen molar-refractivity contribution in [3.8, 4) is 5.75 Å². The monoisotopic (exact) mass is 374 g/mol. The molecule has 0 aromatic heterocycles. The Morgan fingerprint density at radius 2 is 1.32 bits per heavy atom. The highest BCUT2D eigenvalue weighted by Gasteiger charge is 2.13. The molecule has 0 saturated carbocycles. The van der Waals surface area contributed by atoms with Crippen LogP contribution in [0.3, 0.4) is 0 Å². The Morgan fingerprint density at radius 1 is 0.750 bits per heavy atom. The Kier molecular flexibility index (Phi) is 5.75. The summed E-state index contributed by atoms with van der Waals surface area (Å²) in [5.41, 5.74) is 4.17. The fourth-order valence-corrected chi connectivity index (χ4v) is 2.85. The molecule has 0 fully saturated rings. The van der Waals surface area contributed by atoms with Gasteiger partial charge in [0.1, 0.15) is 5.75 Å². The topological polar surface area (TPSA) is 67.4 Å². The van der Waals surface area contributed by atoms with Crippen LogP contribution in [0.4, 0.5) is 11.4 Å². The van der Waals surface area contributed by atoms with Crippen molar-refractivity contribution in [3.63, 3.8) is 0 Å². The SMILES string of the molecule is COc1ccc(NC(=O)c2cccc(C)c2)cc1NC(=O)c1cccc(C)c1. The van der Waals surface area contributed by atoms with Gasteiger partial charge < -0.3 is 15.4 Å². The summed E-state index contributed by atoms with van der Waals surface area (Å²) in [6, 6.07) is 19.8. The third kappa shape index (κ3) is 4.57. The molecule has 0 aliphatic rings. The van der Waals surface area contributed by atoms with E-state index >= 15 is 0 Å². The lowest BCUT2D eigenvalue weighted by molar-refractivity contribution is 0.101. The van der Waals surface area contributed by atoms with Crippen molar-refractivity contribution in [2.45, 2.75) is 13.8 Å². The van der Waals surface area contributed by atoms with Gasteiger partial charge in [-0.05, 0) is 56.3 Å². The van der Waals surface area contributed by atoms with Crippen LogP contribution < -0.4 is 15.4 Å². The minimum Gasteiger partial charge on any atom is -0.495 e. The van der Waals surface area contributed by atoms with Crippen molar-refractivity contribution in [2.24, 2.45) is 0 Å². The predicted molar refractivity (Wildman–Crippen MR) is 111 cm³/mol. The molecule has 0 unspecified atom stereocenters. The van der Waals surface area contributed by atoms with E-state index in [0.29, 0.717) is 28.3 Å². The molecule has 142 valence electrons. The van der Waals surface area contributed by atoms with E-state index in [1.165, 1.54) is 7.11 Å². The van der Waals surface area contributed by atoms with Crippen molar-refractivity contribution in [1.29, 1.82) is 0 Å². The summed E-state index contributed by atoms with van der Waals surface area (Å²) >= 11 is 0. The molecule has 0 radical (unpaired) electrons. The van der Waals surface area contributed by atoms with Gasteiger partial charge in [0, 0.05) is 16.8 Å². The molecule has 0 atom stereocenters. The average molecular weight is 374 g/mol. The molecular weight excluding hydrogens is 352 g/mol. The number of benzene rings is 3. The zero-order valence-corrected chi connectivity index (χ0v) is 16.1. The molecule has 28 heavy (non-hydrogen) atoms. The normalized spacial score (nSPS) is 10.2. The summed E-state index contributed by atoms with van der Waals surface area (Å²) < 4.78 is 5.34. The molecule has 2 amide bonds. The highest BCUT2D eigenvalue weighted by Crippen LogP contribution is 2.28. The molecule has 3 aromatic carbocycles. The van der Waals surface area contributed by atoms with Crippen LogP contribution >= 0.6 is 0 Å². The van der Waals surface area contributed by atoms with Crippen molar-refractivity contribution in [1.82, 2.24) is 0 Å². The second kappa shape index (κ2) is 8.39. The van der Waals surface area contributed by atoms with Crippen LogP contribution in [0, 0.1) is 13.8 Å². The third-order valence-corrected chi connectivity index (χ3v) is 4.27. The Hall–Kier alpha value is -3.60. The first-order chi connectivity index (χ1) is 13.5. The first kappa shape index (κ1) is 19.2. The number of nitrogens with one attached hydrogen (secondary N) is 2. The third-order valence-electron chi connectivity index (χ3n) is 4.27. The number of rotatable bonds is 5. The van der Waals surface area contributed by atoms with Crippen LogP contribution in [0.1, 0.15) is 31.8 Å². The summed E-state index contributed by atoms with van der Waals surface area (Å²) in [4.78, 5) is 25.1. The van der Waals surface area contributed by atoms with Crippen LogP contribution in [0.2, 0.25) is 0 Å². The summed E-state index contributed by atoms with van der Waals surface area (Å²) in [6.07, 6.45) is 0. The average Bonchev–Trinajstić information content (AvgIpc) is 2.68. The lowest BCUT2D eigenvalue weighted by atomic mass is 10.1. The zero-order valence-electron chi connectivity index (χ0n) is 16.1. The first-order valence-electron chi connectivity index (χ1n) is 8.90. The lowest BCUT2D eigenvalue weighted by Gasteiger charge is -2.13.